The lowest BCUT2D eigenvalue weighted by Gasteiger charge is -2.28. The second-order valence-electron chi connectivity index (χ2n) is 7.40. The molecule has 166 valence electrons. The molecule has 10 heteroatoms. The number of aromatic nitrogens is 4. The van der Waals surface area contributed by atoms with Gasteiger partial charge in [-0.2, -0.15) is 9.97 Å². The van der Waals surface area contributed by atoms with Crippen LogP contribution in [0.4, 0.5) is 11.6 Å². The van der Waals surface area contributed by atoms with Gasteiger partial charge in [-0.3, -0.25) is 18.7 Å². The number of amides is 1. The van der Waals surface area contributed by atoms with E-state index in [4.69, 9.17) is 4.74 Å². The number of nitrogens with zero attached hydrogens (tertiary/aromatic N) is 5. The van der Waals surface area contributed by atoms with E-state index in [-0.39, 0.29) is 17.5 Å². The number of anilines is 2. The van der Waals surface area contributed by atoms with Gasteiger partial charge in [0.2, 0.25) is 11.9 Å². The van der Waals surface area contributed by atoms with Gasteiger partial charge in [0.1, 0.15) is 5.75 Å². The number of carbonyl (C=O) groups excluding carboxylic acids is 1. The Bertz CT molecular complexity index is 1280. The lowest BCUT2D eigenvalue weighted by molar-refractivity contribution is -0.114. The van der Waals surface area contributed by atoms with Crippen molar-refractivity contribution in [2.24, 2.45) is 7.05 Å². The molecule has 1 amide bonds. The summed E-state index contributed by atoms with van der Waals surface area (Å²) in [6.07, 6.45) is 0. The quantitative estimate of drug-likeness (QED) is 0.582. The fourth-order valence-electron chi connectivity index (χ4n) is 3.58. The molecule has 32 heavy (non-hydrogen) atoms. The Morgan fingerprint density at radius 1 is 1.28 bits per heavy atom. The molecule has 1 aliphatic heterocycles. The average molecular weight is 435 g/mol. The minimum atomic E-state index is -0.269. The molecule has 0 unspecified atom stereocenters. The number of fused-ring (bicyclic) bond motifs is 1. The number of nitrogens with one attached hydrogen (secondary N) is 2. The van der Waals surface area contributed by atoms with E-state index in [0.29, 0.717) is 35.1 Å². The number of hydrogen-bond acceptors (Lipinski definition) is 7. The molecule has 0 radical (unpaired) electrons. The number of carbonyl (C=O) groups is 1. The maximum Gasteiger partial charge on any atom is 0.306 e. The summed E-state index contributed by atoms with van der Waals surface area (Å²) in [4.78, 5) is 36.0. The summed E-state index contributed by atoms with van der Waals surface area (Å²) in [5.74, 6) is 6.85. The van der Waals surface area contributed by atoms with E-state index in [1.165, 1.54) is 11.5 Å². The van der Waals surface area contributed by atoms with Crippen molar-refractivity contribution >= 4 is 28.7 Å². The second kappa shape index (κ2) is 9.11. The summed E-state index contributed by atoms with van der Waals surface area (Å²) in [5.41, 5.74) is 1.02. The Morgan fingerprint density at radius 2 is 2.06 bits per heavy atom. The zero-order chi connectivity index (χ0) is 22.7. The van der Waals surface area contributed by atoms with Gasteiger partial charge in [0.15, 0.2) is 11.2 Å². The molecule has 2 aromatic heterocycles. The van der Waals surface area contributed by atoms with Crippen LogP contribution in [0.25, 0.3) is 11.2 Å². The van der Waals surface area contributed by atoms with Crippen molar-refractivity contribution < 1.29 is 9.53 Å². The van der Waals surface area contributed by atoms with Gasteiger partial charge in [0, 0.05) is 51.9 Å². The standard InChI is InChI=1S/C22H25N7O3/c1-4-5-11-29-18-19(25-21(29)28-12-9-23-10-13-28)26-22(27(3)20(18)31)32-17-8-6-7-16(14-17)24-15(2)30/h6-8,14,23H,9-13H2,1-3H3,(H,24,30). The first-order valence-corrected chi connectivity index (χ1v) is 10.4. The number of ether oxygens (including phenoxy) is 1. The van der Waals surface area contributed by atoms with Crippen molar-refractivity contribution in [3.8, 4) is 23.6 Å². The van der Waals surface area contributed by atoms with Crippen molar-refractivity contribution in [3.05, 3.63) is 34.6 Å². The molecule has 1 fully saturated rings. The zero-order valence-electron chi connectivity index (χ0n) is 18.3. The minimum Gasteiger partial charge on any atom is -0.425 e. The van der Waals surface area contributed by atoms with Crippen LogP contribution in [0, 0.1) is 11.8 Å². The highest BCUT2D eigenvalue weighted by atomic mass is 16.5. The van der Waals surface area contributed by atoms with E-state index >= 15 is 0 Å². The highest BCUT2D eigenvalue weighted by Crippen LogP contribution is 2.25. The lowest BCUT2D eigenvalue weighted by Crippen LogP contribution is -2.44. The van der Waals surface area contributed by atoms with Gasteiger partial charge in [-0.1, -0.05) is 12.0 Å². The lowest BCUT2D eigenvalue weighted by atomic mass is 10.3. The smallest absolute Gasteiger partial charge is 0.306 e. The second-order valence-corrected chi connectivity index (χ2v) is 7.40. The molecule has 3 heterocycles. The molecule has 0 aliphatic carbocycles. The first kappa shape index (κ1) is 21.4. The third-order valence-electron chi connectivity index (χ3n) is 5.10. The fraction of sp³-hybridized carbons (Fsp3) is 0.364. The summed E-state index contributed by atoms with van der Waals surface area (Å²) in [5, 5.41) is 6.03. The first-order valence-electron chi connectivity index (χ1n) is 10.4. The minimum absolute atomic E-state index is 0.112. The van der Waals surface area contributed by atoms with Crippen molar-refractivity contribution in [1.29, 1.82) is 0 Å². The van der Waals surface area contributed by atoms with Crippen LogP contribution in [0.15, 0.2) is 29.1 Å². The molecule has 0 atom stereocenters. The number of piperazine rings is 1. The average Bonchev–Trinajstić information content (AvgIpc) is 3.14. The van der Waals surface area contributed by atoms with Crippen LogP contribution in [-0.4, -0.2) is 51.2 Å². The molecule has 2 N–H and O–H groups in total. The normalized spacial score (nSPS) is 13.5. The van der Waals surface area contributed by atoms with E-state index < -0.39 is 0 Å². The SMILES string of the molecule is CC#CCn1c(N2CCNCC2)nc2nc(Oc3cccc(NC(C)=O)c3)n(C)c(=O)c21. The van der Waals surface area contributed by atoms with Crippen LogP contribution >= 0.6 is 0 Å². The van der Waals surface area contributed by atoms with Gasteiger partial charge in [-0.05, 0) is 19.1 Å². The summed E-state index contributed by atoms with van der Waals surface area (Å²) < 4.78 is 9.08. The van der Waals surface area contributed by atoms with Gasteiger partial charge in [-0.25, -0.2) is 0 Å². The van der Waals surface area contributed by atoms with E-state index in [9.17, 15) is 9.59 Å². The van der Waals surface area contributed by atoms with Gasteiger partial charge >= 0.3 is 6.01 Å². The topological polar surface area (TPSA) is 106 Å². The summed E-state index contributed by atoms with van der Waals surface area (Å²) in [6.45, 7) is 6.79. The van der Waals surface area contributed by atoms with E-state index in [1.807, 2.05) is 4.57 Å². The van der Waals surface area contributed by atoms with E-state index in [2.05, 4.69) is 37.3 Å². The molecule has 3 aromatic rings. The predicted octanol–water partition coefficient (Wildman–Crippen LogP) is 1.31. The Morgan fingerprint density at radius 3 is 2.78 bits per heavy atom. The van der Waals surface area contributed by atoms with Crippen molar-refractivity contribution in [2.75, 3.05) is 36.4 Å². The van der Waals surface area contributed by atoms with Gasteiger partial charge in [0.25, 0.3) is 5.56 Å². The third-order valence-corrected chi connectivity index (χ3v) is 5.10. The zero-order valence-corrected chi connectivity index (χ0v) is 18.3. The summed E-state index contributed by atoms with van der Waals surface area (Å²) in [6, 6.07) is 7.00. The Balaban J connectivity index is 1.77. The number of imidazole rings is 1. The summed E-state index contributed by atoms with van der Waals surface area (Å²) in [7, 11) is 1.61. The molecule has 0 bridgehead atoms. The van der Waals surface area contributed by atoms with Crippen molar-refractivity contribution in [3.63, 3.8) is 0 Å². The predicted molar refractivity (Wildman–Crippen MR) is 122 cm³/mol. The van der Waals surface area contributed by atoms with Crippen LogP contribution in [0.5, 0.6) is 11.8 Å². The van der Waals surface area contributed by atoms with Crippen LogP contribution in [0.3, 0.4) is 0 Å². The van der Waals surface area contributed by atoms with Gasteiger partial charge in [-0.15, -0.1) is 5.92 Å². The van der Waals surface area contributed by atoms with E-state index in [1.54, 1.807) is 38.2 Å². The molecular weight excluding hydrogens is 410 g/mol. The Labute approximate surface area is 185 Å². The van der Waals surface area contributed by atoms with Crippen molar-refractivity contribution in [2.45, 2.75) is 20.4 Å². The maximum absolute atomic E-state index is 13.3. The van der Waals surface area contributed by atoms with Crippen LogP contribution in [0.2, 0.25) is 0 Å². The molecule has 0 spiro atoms. The Hall–Kier alpha value is -3.84. The molecule has 1 saturated heterocycles. The van der Waals surface area contributed by atoms with Crippen LogP contribution in [-0.2, 0) is 18.4 Å². The molecule has 4 rings (SSSR count). The highest BCUT2D eigenvalue weighted by Gasteiger charge is 2.23. The van der Waals surface area contributed by atoms with Crippen LogP contribution in [0.1, 0.15) is 13.8 Å². The maximum atomic E-state index is 13.3. The summed E-state index contributed by atoms with van der Waals surface area (Å²) >= 11 is 0. The molecular formula is C22H25N7O3. The van der Waals surface area contributed by atoms with Crippen LogP contribution < -0.4 is 25.8 Å². The molecule has 1 aromatic carbocycles. The largest absolute Gasteiger partial charge is 0.425 e. The molecule has 0 saturated carbocycles. The van der Waals surface area contributed by atoms with Gasteiger partial charge in [0.05, 0.1) is 6.54 Å². The Kier molecular flexibility index (Phi) is 6.09. The number of rotatable bonds is 5. The van der Waals surface area contributed by atoms with Gasteiger partial charge < -0.3 is 20.3 Å². The number of hydrogen-bond donors (Lipinski definition) is 2. The highest BCUT2D eigenvalue weighted by molar-refractivity contribution is 5.88. The molecule has 1 aliphatic rings. The van der Waals surface area contributed by atoms with Crippen molar-refractivity contribution in [1.82, 2.24) is 24.4 Å². The fourth-order valence-corrected chi connectivity index (χ4v) is 3.58. The monoisotopic (exact) mass is 435 g/mol. The first-order chi connectivity index (χ1) is 15.5. The number of benzene rings is 1. The third kappa shape index (κ3) is 4.29. The molecule has 10 nitrogen and oxygen atoms in total. The van der Waals surface area contributed by atoms with E-state index in [0.717, 1.165) is 26.2 Å².